The minimum absolute atomic E-state index is 0.0201. The molecule has 0 bridgehead atoms. The van der Waals surface area contributed by atoms with E-state index in [1.54, 1.807) is 23.6 Å². The zero-order valence-electron chi connectivity index (χ0n) is 10.2. The Hall–Kier alpha value is -2.41. The second-order valence-electron chi connectivity index (χ2n) is 3.87. The van der Waals surface area contributed by atoms with E-state index in [1.165, 1.54) is 12.1 Å². The molecule has 1 aromatic carbocycles. The molecule has 104 valence electrons. The van der Waals surface area contributed by atoms with Gasteiger partial charge in [0.2, 0.25) is 0 Å². The molecule has 0 saturated carbocycles. The molecule has 0 aliphatic heterocycles. The summed E-state index contributed by atoms with van der Waals surface area (Å²) in [6.45, 7) is 0.0201. The maximum absolute atomic E-state index is 13.3. The van der Waals surface area contributed by atoms with E-state index in [0.29, 0.717) is 5.56 Å². The molecular weight excluding hydrogens is 283 g/mol. The van der Waals surface area contributed by atoms with E-state index in [2.05, 4.69) is 10.6 Å². The van der Waals surface area contributed by atoms with Crippen LogP contribution in [0.25, 0.3) is 0 Å². The number of carboxylic acids is 1. The van der Waals surface area contributed by atoms with Crippen LogP contribution in [0.4, 0.5) is 14.2 Å². The number of hydrogen-bond acceptors (Lipinski definition) is 3. The minimum atomic E-state index is -1.12. The summed E-state index contributed by atoms with van der Waals surface area (Å²) in [6.07, 6.45) is 0. The fourth-order valence-corrected chi connectivity index (χ4v) is 2.31. The molecule has 5 nitrogen and oxygen atoms in total. The highest BCUT2D eigenvalue weighted by Crippen LogP contribution is 2.22. The van der Waals surface area contributed by atoms with Gasteiger partial charge in [-0.3, -0.25) is 5.32 Å². The molecule has 3 N–H and O–H groups in total. The van der Waals surface area contributed by atoms with Crippen molar-refractivity contribution in [2.45, 2.75) is 6.54 Å². The third kappa shape index (κ3) is 3.33. The summed E-state index contributed by atoms with van der Waals surface area (Å²) in [5.74, 6) is -1.52. The Kier molecular flexibility index (Phi) is 4.31. The van der Waals surface area contributed by atoms with Crippen LogP contribution in [0.1, 0.15) is 15.9 Å². The summed E-state index contributed by atoms with van der Waals surface area (Å²) in [5, 5.41) is 15.6. The first kappa shape index (κ1) is 14.0. The van der Waals surface area contributed by atoms with Crippen molar-refractivity contribution in [1.82, 2.24) is 5.32 Å². The number of halogens is 1. The lowest BCUT2D eigenvalue weighted by Gasteiger charge is -2.07. The highest BCUT2D eigenvalue weighted by atomic mass is 32.1. The molecule has 2 aromatic rings. The Morgan fingerprint density at radius 1 is 1.25 bits per heavy atom. The van der Waals surface area contributed by atoms with Gasteiger partial charge in [-0.15, -0.1) is 11.3 Å². The van der Waals surface area contributed by atoms with Gasteiger partial charge in [0.1, 0.15) is 10.8 Å². The molecule has 2 rings (SSSR count). The second-order valence-corrected chi connectivity index (χ2v) is 4.78. The fraction of sp³-hybridized carbons (Fsp3) is 0.0769. The quantitative estimate of drug-likeness (QED) is 0.811. The van der Waals surface area contributed by atoms with Crippen molar-refractivity contribution in [3.8, 4) is 0 Å². The van der Waals surface area contributed by atoms with Gasteiger partial charge < -0.3 is 10.4 Å². The molecule has 7 heteroatoms. The number of amides is 2. The number of carbonyl (C=O) groups excluding carboxylic acids is 1. The van der Waals surface area contributed by atoms with Crippen LogP contribution in [-0.4, -0.2) is 17.1 Å². The van der Waals surface area contributed by atoms with E-state index in [-0.39, 0.29) is 17.1 Å². The molecule has 0 radical (unpaired) electrons. The number of aromatic carboxylic acids is 1. The SMILES string of the molecule is O=C(NCc1ccccc1F)Nc1sccc1C(=O)O. The van der Waals surface area contributed by atoms with E-state index >= 15 is 0 Å². The van der Waals surface area contributed by atoms with Gasteiger partial charge in [-0.25, -0.2) is 14.0 Å². The van der Waals surface area contributed by atoms with Crippen LogP contribution >= 0.6 is 11.3 Å². The van der Waals surface area contributed by atoms with Gasteiger partial charge in [0.05, 0.1) is 5.56 Å². The third-order valence-corrected chi connectivity index (χ3v) is 3.35. The lowest BCUT2D eigenvalue weighted by atomic mass is 10.2. The molecule has 0 spiro atoms. The van der Waals surface area contributed by atoms with Gasteiger partial charge in [0.15, 0.2) is 0 Å². The van der Waals surface area contributed by atoms with E-state index in [9.17, 15) is 14.0 Å². The standard InChI is InChI=1S/C13H11FN2O3S/c14-10-4-2-1-3-8(10)7-15-13(19)16-11-9(12(17)18)5-6-20-11/h1-6H,7H2,(H,17,18)(H2,15,16,19). The Bertz CT molecular complexity index is 642. The van der Waals surface area contributed by atoms with E-state index in [1.807, 2.05) is 0 Å². The lowest BCUT2D eigenvalue weighted by Crippen LogP contribution is -2.28. The monoisotopic (exact) mass is 294 g/mol. The van der Waals surface area contributed by atoms with E-state index in [0.717, 1.165) is 11.3 Å². The number of hydrogen-bond donors (Lipinski definition) is 3. The summed E-state index contributed by atoms with van der Waals surface area (Å²) in [7, 11) is 0. The van der Waals surface area contributed by atoms with Crippen molar-refractivity contribution in [2.75, 3.05) is 5.32 Å². The number of rotatable bonds is 4. The number of benzene rings is 1. The first-order chi connectivity index (χ1) is 9.58. The molecule has 1 aromatic heterocycles. The average Bonchev–Trinajstić information content (AvgIpc) is 2.86. The molecule has 0 aliphatic carbocycles. The number of thiophene rings is 1. The van der Waals surface area contributed by atoms with Gasteiger partial charge in [0, 0.05) is 12.1 Å². The van der Waals surface area contributed by atoms with E-state index < -0.39 is 17.8 Å². The molecule has 2 amide bonds. The third-order valence-electron chi connectivity index (χ3n) is 2.52. The van der Waals surface area contributed by atoms with Crippen LogP contribution in [-0.2, 0) is 6.54 Å². The predicted molar refractivity (Wildman–Crippen MR) is 73.5 cm³/mol. The van der Waals surface area contributed by atoms with Gasteiger partial charge in [-0.1, -0.05) is 18.2 Å². The highest BCUT2D eigenvalue weighted by Gasteiger charge is 2.13. The second kappa shape index (κ2) is 6.16. The molecule has 20 heavy (non-hydrogen) atoms. The van der Waals surface area contributed by atoms with Crippen LogP contribution in [0.3, 0.4) is 0 Å². The van der Waals surface area contributed by atoms with E-state index in [4.69, 9.17) is 5.11 Å². The van der Waals surface area contributed by atoms with Gasteiger partial charge >= 0.3 is 12.0 Å². The van der Waals surface area contributed by atoms with Gasteiger partial charge in [-0.2, -0.15) is 0 Å². The Morgan fingerprint density at radius 2 is 2.00 bits per heavy atom. The van der Waals surface area contributed by atoms with Crippen LogP contribution in [0.5, 0.6) is 0 Å². The minimum Gasteiger partial charge on any atom is -0.478 e. The topological polar surface area (TPSA) is 78.4 Å². The average molecular weight is 294 g/mol. The van der Waals surface area contributed by atoms with Crippen molar-refractivity contribution < 1.29 is 19.1 Å². The Morgan fingerprint density at radius 3 is 2.70 bits per heavy atom. The summed E-state index contributed by atoms with van der Waals surface area (Å²) >= 11 is 1.10. The summed E-state index contributed by atoms with van der Waals surface area (Å²) in [4.78, 5) is 22.5. The Balaban J connectivity index is 1.95. The molecule has 0 saturated heterocycles. The number of carboxylic acid groups (broad SMARTS) is 1. The number of anilines is 1. The molecule has 0 unspecified atom stereocenters. The number of urea groups is 1. The lowest BCUT2D eigenvalue weighted by molar-refractivity contribution is 0.0698. The zero-order chi connectivity index (χ0) is 14.5. The van der Waals surface area contributed by atoms with Crippen molar-refractivity contribution in [3.05, 3.63) is 52.7 Å². The van der Waals surface area contributed by atoms with Crippen LogP contribution < -0.4 is 10.6 Å². The fourth-order valence-electron chi connectivity index (χ4n) is 1.54. The van der Waals surface area contributed by atoms with Crippen molar-refractivity contribution in [2.24, 2.45) is 0 Å². The Labute approximate surface area is 118 Å². The van der Waals surface area contributed by atoms with Crippen molar-refractivity contribution in [3.63, 3.8) is 0 Å². The smallest absolute Gasteiger partial charge is 0.338 e. The number of nitrogens with one attached hydrogen (secondary N) is 2. The first-order valence-electron chi connectivity index (χ1n) is 5.67. The summed E-state index contributed by atoms with van der Waals surface area (Å²) < 4.78 is 13.3. The van der Waals surface area contributed by atoms with Crippen molar-refractivity contribution >= 4 is 28.3 Å². The summed E-state index contributed by atoms with van der Waals surface area (Å²) in [5.41, 5.74) is 0.378. The number of carbonyl (C=O) groups is 2. The largest absolute Gasteiger partial charge is 0.478 e. The van der Waals surface area contributed by atoms with Gasteiger partial charge in [0.25, 0.3) is 0 Å². The summed E-state index contributed by atoms with van der Waals surface area (Å²) in [6, 6.07) is 6.90. The molecule has 0 aliphatic rings. The normalized spacial score (nSPS) is 10.1. The maximum Gasteiger partial charge on any atom is 0.338 e. The molecular formula is C13H11FN2O3S. The molecule has 0 fully saturated rings. The molecule has 1 heterocycles. The first-order valence-corrected chi connectivity index (χ1v) is 6.55. The van der Waals surface area contributed by atoms with Crippen LogP contribution in [0.2, 0.25) is 0 Å². The van der Waals surface area contributed by atoms with Crippen LogP contribution in [0, 0.1) is 5.82 Å². The zero-order valence-corrected chi connectivity index (χ0v) is 11.0. The van der Waals surface area contributed by atoms with Gasteiger partial charge in [-0.05, 0) is 17.5 Å². The molecule has 0 atom stereocenters. The van der Waals surface area contributed by atoms with Crippen molar-refractivity contribution in [1.29, 1.82) is 0 Å². The highest BCUT2D eigenvalue weighted by molar-refractivity contribution is 7.14. The van der Waals surface area contributed by atoms with Crippen LogP contribution in [0.15, 0.2) is 35.7 Å². The maximum atomic E-state index is 13.3. The predicted octanol–water partition coefficient (Wildman–Crippen LogP) is 2.91.